The smallest absolute Gasteiger partial charge is 0.251 e. The molecule has 5 rings (SSSR count). The molecule has 0 saturated heterocycles. The van der Waals surface area contributed by atoms with Crippen LogP contribution in [0.25, 0.3) is 16.9 Å². The number of carbonyl (C=O) groups excluding carboxylic acids is 1. The predicted octanol–water partition coefficient (Wildman–Crippen LogP) is 3.88. The van der Waals surface area contributed by atoms with Crippen LogP contribution >= 0.6 is 0 Å². The van der Waals surface area contributed by atoms with Crippen LogP contribution in [0, 0.1) is 0 Å². The lowest BCUT2D eigenvalue weighted by molar-refractivity contribution is 0.0951. The summed E-state index contributed by atoms with van der Waals surface area (Å²) in [6, 6.07) is 14.8. The second-order valence-corrected chi connectivity index (χ2v) is 8.03. The Balaban J connectivity index is 1.22. The summed E-state index contributed by atoms with van der Waals surface area (Å²) in [5.41, 5.74) is 3.28. The van der Waals surface area contributed by atoms with Crippen LogP contribution in [0.5, 0.6) is 11.5 Å². The van der Waals surface area contributed by atoms with Gasteiger partial charge in [0, 0.05) is 36.1 Å². The zero-order chi connectivity index (χ0) is 22.6. The van der Waals surface area contributed by atoms with Crippen molar-refractivity contribution in [3.05, 3.63) is 72.7 Å². The summed E-state index contributed by atoms with van der Waals surface area (Å²) in [4.78, 5) is 21.2. The van der Waals surface area contributed by atoms with E-state index in [2.05, 4.69) is 20.6 Å². The van der Waals surface area contributed by atoms with E-state index in [0.29, 0.717) is 36.3 Å². The Morgan fingerprint density at radius 1 is 1.12 bits per heavy atom. The number of anilines is 1. The number of rotatable bonds is 9. The Kier molecular flexibility index (Phi) is 5.80. The topological polar surface area (TPSA) is 101 Å². The number of amides is 1. The largest absolute Gasteiger partial charge is 0.504 e. The number of nitrogens with one attached hydrogen (secondary N) is 2. The van der Waals surface area contributed by atoms with Crippen LogP contribution in [0.3, 0.4) is 0 Å². The predicted molar refractivity (Wildman–Crippen MR) is 126 cm³/mol. The lowest BCUT2D eigenvalue weighted by Crippen LogP contribution is -2.25. The number of fused-ring (bicyclic) bond motifs is 1. The van der Waals surface area contributed by atoms with Gasteiger partial charge >= 0.3 is 0 Å². The molecule has 0 atom stereocenters. The monoisotopic (exact) mass is 443 g/mol. The molecule has 2 heterocycles. The normalized spacial score (nSPS) is 13.1. The van der Waals surface area contributed by atoms with Crippen molar-refractivity contribution in [2.24, 2.45) is 0 Å². The van der Waals surface area contributed by atoms with Gasteiger partial charge < -0.3 is 20.5 Å². The van der Waals surface area contributed by atoms with Crippen molar-refractivity contribution >= 4 is 17.4 Å². The molecular formula is C25H25N5O3. The summed E-state index contributed by atoms with van der Waals surface area (Å²) >= 11 is 0. The van der Waals surface area contributed by atoms with Crippen LogP contribution in [0.2, 0.25) is 0 Å². The van der Waals surface area contributed by atoms with Gasteiger partial charge in [0.2, 0.25) is 0 Å². The maximum absolute atomic E-state index is 12.2. The molecule has 8 heteroatoms. The molecule has 1 amide bonds. The van der Waals surface area contributed by atoms with Gasteiger partial charge in [0.25, 0.3) is 5.91 Å². The number of phenolic OH excluding ortho intramolecular Hbond substituents is 1. The van der Waals surface area contributed by atoms with E-state index in [9.17, 15) is 9.90 Å². The second-order valence-electron chi connectivity index (χ2n) is 8.03. The molecule has 1 aliphatic rings. The molecule has 0 spiro atoms. The fraction of sp³-hybridized carbons (Fsp3) is 0.240. The van der Waals surface area contributed by atoms with Crippen molar-refractivity contribution in [3.8, 4) is 22.8 Å². The number of imidazole rings is 1. The van der Waals surface area contributed by atoms with E-state index in [-0.39, 0.29) is 11.7 Å². The summed E-state index contributed by atoms with van der Waals surface area (Å²) in [6.45, 7) is 1.11. The Bertz CT molecular complexity index is 1260. The van der Waals surface area contributed by atoms with Crippen LogP contribution in [-0.2, 0) is 0 Å². The third kappa shape index (κ3) is 4.74. The van der Waals surface area contributed by atoms with E-state index in [0.717, 1.165) is 36.2 Å². The minimum atomic E-state index is -0.0238. The third-order valence-corrected chi connectivity index (χ3v) is 5.52. The van der Waals surface area contributed by atoms with Gasteiger partial charge in [0.05, 0.1) is 18.5 Å². The van der Waals surface area contributed by atoms with Gasteiger partial charge in [-0.25, -0.2) is 9.97 Å². The zero-order valence-corrected chi connectivity index (χ0v) is 18.1. The maximum atomic E-state index is 12.2. The van der Waals surface area contributed by atoms with E-state index in [1.807, 2.05) is 47.1 Å². The summed E-state index contributed by atoms with van der Waals surface area (Å²) in [5, 5.41) is 16.1. The number of ether oxygens (including phenoxy) is 1. The van der Waals surface area contributed by atoms with Crippen LogP contribution in [0.1, 0.15) is 29.6 Å². The Hall–Kier alpha value is -4.07. The molecule has 0 radical (unpaired) electrons. The highest BCUT2D eigenvalue weighted by Gasteiger charge is 2.23. The Morgan fingerprint density at radius 2 is 1.94 bits per heavy atom. The quantitative estimate of drug-likeness (QED) is 0.340. The van der Waals surface area contributed by atoms with Gasteiger partial charge in [0.15, 0.2) is 23.0 Å². The van der Waals surface area contributed by atoms with Gasteiger partial charge in [-0.05, 0) is 43.5 Å². The van der Waals surface area contributed by atoms with Crippen molar-refractivity contribution in [2.45, 2.75) is 25.3 Å². The number of aromatic hydroxyl groups is 1. The SMILES string of the molecule is O=C(NC1CC1)c1ccc(-c2cnc3c(NCCCOc4ccccc4O)nccn23)cc1. The number of phenols is 1. The summed E-state index contributed by atoms with van der Waals surface area (Å²) in [7, 11) is 0. The standard InChI is InChI=1S/C25H25N5O3/c31-21-4-1-2-5-22(21)33-15-3-12-26-23-24-28-16-20(30(24)14-13-27-23)17-6-8-18(9-7-17)25(32)29-19-10-11-19/h1-2,4-9,13-14,16,19,31H,3,10-12,15H2,(H,26,27)(H,29,32). The molecule has 4 aromatic rings. The average Bonchev–Trinajstić information content (AvgIpc) is 3.54. The van der Waals surface area contributed by atoms with Crippen molar-refractivity contribution < 1.29 is 14.6 Å². The van der Waals surface area contributed by atoms with E-state index < -0.39 is 0 Å². The number of hydrogen-bond acceptors (Lipinski definition) is 6. The zero-order valence-electron chi connectivity index (χ0n) is 18.1. The number of aromatic nitrogens is 3. The fourth-order valence-electron chi connectivity index (χ4n) is 3.59. The first-order valence-corrected chi connectivity index (χ1v) is 11.1. The van der Waals surface area contributed by atoms with Crippen molar-refractivity contribution in [3.63, 3.8) is 0 Å². The van der Waals surface area contributed by atoms with Crippen molar-refractivity contribution in [1.82, 2.24) is 19.7 Å². The number of nitrogens with zero attached hydrogens (tertiary/aromatic N) is 3. The lowest BCUT2D eigenvalue weighted by atomic mass is 10.1. The van der Waals surface area contributed by atoms with E-state index in [1.165, 1.54) is 0 Å². The second kappa shape index (κ2) is 9.20. The first-order chi connectivity index (χ1) is 16.2. The van der Waals surface area contributed by atoms with Gasteiger partial charge in [-0.3, -0.25) is 9.20 Å². The molecule has 1 saturated carbocycles. The van der Waals surface area contributed by atoms with Gasteiger partial charge in [-0.1, -0.05) is 24.3 Å². The number of para-hydroxylation sites is 2. The van der Waals surface area contributed by atoms with Gasteiger partial charge in [-0.15, -0.1) is 0 Å². The lowest BCUT2D eigenvalue weighted by Gasteiger charge is -2.10. The van der Waals surface area contributed by atoms with Crippen LogP contribution in [-0.4, -0.2) is 44.6 Å². The molecule has 1 aliphatic carbocycles. The fourth-order valence-corrected chi connectivity index (χ4v) is 3.59. The maximum Gasteiger partial charge on any atom is 0.251 e. The van der Waals surface area contributed by atoms with E-state index in [1.54, 1.807) is 24.4 Å². The first-order valence-electron chi connectivity index (χ1n) is 11.1. The van der Waals surface area contributed by atoms with Gasteiger partial charge in [0.1, 0.15) is 0 Å². The Morgan fingerprint density at radius 3 is 2.73 bits per heavy atom. The van der Waals surface area contributed by atoms with Crippen LogP contribution < -0.4 is 15.4 Å². The van der Waals surface area contributed by atoms with E-state index >= 15 is 0 Å². The molecule has 2 aromatic heterocycles. The average molecular weight is 444 g/mol. The molecule has 33 heavy (non-hydrogen) atoms. The number of benzene rings is 2. The molecule has 0 aliphatic heterocycles. The minimum absolute atomic E-state index is 0.0238. The highest BCUT2D eigenvalue weighted by atomic mass is 16.5. The molecule has 168 valence electrons. The molecule has 3 N–H and O–H groups in total. The molecular weight excluding hydrogens is 418 g/mol. The highest BCUT2D eigenvalue weighted by Crippen LogP contribution is 2.26. The van der Waals surface area contributed by atoms with Gasteiger partial charge in [-0.2, -0.15) is 0 Å². The van der Waals surface area contributed by atoms with Crippen molar-refractivity contribution in [2.75, 3.05) is 18.5 Å². The highest BCUT2D eigenvalue weighted by molar-refractivity contribution is 5.95. The minimum Gasteiger partial charge on any atom is -0.504 e. The molecule has 0 unspecified atom stereocenters. The third-order valence-electron chi connectivity index (χ3n) is 5.52. The molecule has 0 bridgehead atoms. The van der Waals surface area contributed by atoms with Crippen LogP contribution in [0.4, 0.5) is 5.82 Å². The summed E-state index contributed by atoms with van der Waals surface area (Å²) < 4.78 is 7.59. The first kappa shape index (κ1) is 20.8. The number of carbonyl (C=O) groups is 1. The summed E-state index contributed by atoms with van der Waals surface area (Å²) in [6.07, 6.45) is 8.28. The molecule has 8 nitrogen and oxygen atoms in total. The molecule has 1 fully saturated rings. The Labute approximate surface area is 191 Å². The van der Waals surface area contributed by atoms with E-state index in [4.69, 9.17) is 4.74 Å². The summed E-state index contributed by atoms with van der Waals surface area (Å²) in [5.74, 6) is 1.28. The number of hydrogen-bond donors (Lipinski definition) is 3. The van der Waals surface area contributed by atoms with Crippen LogP contribution in [0.15, 0.2) is 67.1 Å². The van der Waals surface area contributed by atoms with Crippen molar-refractivity contribution in [1.29, 1.82) is 0 Å². The molecule has 2 aromatic carbocycles.